The number of carbonyl (C=O) groups excluding carboxylic acids is 1. The van der Waals surface area contributed by atoms with Crippen LogP contribution in [0.25, 0.3) is 10.1 Å². The Hall–Kier alpha value is -1.30. The smallest absolute Gasteiger partial charge is 0.355 e. The van der Waals surface area contributed by atoms with Crippen molar-refractivity contribution in [3.63, 3.8) is 0 Å². The third-order valence-corrected chi connectivity index (χ3v) is 4.28. The minimum atomic E-state index is -0.424. The summed E-state index contributed by atoms with van der Waals surface area (Å²) in [6, 6.07) is 5.41. The van der Waals surface area contributed by atoms with Gasteiger partial charge in [-0.05, 0) is 18.2 Å². The summed E-state index contributed by atoms with van der Waals surface area (Å²) in [5, 5.41) is 1.40. The van der Waals surface area contributed by atoms with E-state index in [1.54, 1.807) is 18.3 Å². The molecule has 2 aromatic rings. The molecule has 0 fully saturated rings. The second-order valence-electron chi connectivity index (χ2n) is 3.98. The molecule has 0 aliphatic heterocycles. The van der Waals surface area contributed by atoms with E-state index in [0.29, 0.717) is 27.9 Å². The number of ether oxygens (including phenoxy) is 1. The van der Waals surface area contributed by atoms with E-state index in [9.17, 15) is 4.79 Å². The highest BCUT2D eigenvalue weighted by atomic mass is 35.5. The molecule has 0 unspecified atom stereocenters. The molecule has 2 rings (SSSR count). The average Bonchev–Trinajstić information content (AvgIpc) is 2.82. The standard InChI is InChI=1S/C13H13Cl2N2O2S/c1-19-13(18)12-11(17(16)6-2-5-14)9-7-8(15)3-4-10(9)20-12/h3-4,6-7H,2,5,16H2,1H3/q+1. The first-order valence-corrected chi connectivity index (χ1v) is 7.55. The Bertz CT molecular complexity index is 682. The van der Waals surface area contributed by atoms with Gasteiger partial charge in [0.15, 0.2) is 11.1 Å². The predicted molar refractivity (Wildman–Crippen MR) is 83.7 cm³/mol. The molecule has 0 aliphatic carbocycles. The summed E-state index contributed by atoms with van der Waals surface area (Å²) in [7, 11) is 1.34. The second-order valence-corrected chi connectivity index (χ2v) is 5.85. The zero-order valence-electron chi connectivity index (χ0n) is 10.7. The molecule has 0 amide bonds. The molecule has 0 radical (unpaired) electrons. The van der Waals surface area contributed by atoms with Crippen LogP contribution in [0.5, 0.6) is 0 Å². The summed E-state index contributed by atoms with van der Waals surface area (Å²) in [6.07, 6.45) is 2.32. The van der Waals surface area contributed by atoms with Gasteiger partial charge in [0.1, 0.15) is 0 Å². The average molecular weight is 332 g/mol. The molecule has 0 bridgehead atoms. The quantitative estimate of drug-likeness (QED) is 0.233. The highest BCUT2D eigenvalue weighted by Gasteiger charge is 2.27. The molecule has 0 aliphatic rings. The van der Waals surface area contributed by atoms with E-state index in [4.69, 9.17) is 33.8 Å². The molecule has 0 atom stereocenters. The Morgan fingerprint density at radius 2 is 2.30 bits per heavy atom. The first-order valence-electron chi connectivity index (χ1n) is 5.82. The van der Waals surface area contributed by atoms with Gasteiger partial charge in [-0.15, -0.1) is 22.9 Å². The molecule has 0 saturated carbocycles. The van der Waals surface area contributed by atoms with Crippen molar-refractivity contribution in [2.75, 3.05) is 13.0 Å². The van der Waals surface area contributed by atoms with E-state index in [0.717, 1.165) is 10.1 Å². The molecule has 1 aromatic heterocycles. The molecule has 0 saturated heterocycles. The maximum Gasteiger partial charge on any atom is 0.355 e. The van der Waals surface area contributed by atoms with Crippen LogP contribution < -0.4 is 5.84 Å². The van der Waals surface area contributed by atoms with Crippen molar-refractivity contribution in [2.24, 2.45) is 5.84 Å². The normalized spacial score (nSPS) is 11.8. The number of hydrogen-bond acceptors (Lipinski definition) is 4. The number of esters is 1. The van der Waals surface area contributed by atoms with Gasteiger partial charge in [0.05, 0.1) is 12.5 Å². The SMILES string of the molecule is COC(=O)c1sc2ccc(Cl)cc2c1[N+](N)=CCCCl. The van der Waals surface area contributed by atoms with Gasteiger partial charge in [-0.3, -0.25) is 0 Å². The Morgan fingerprint density at radius 3 is 2.95 bits per heavy atom. The van der Waals surface area contributed by atoms with Gasteiger partial charge in [-0.2, -0.15) is 0 Å². The Labute approximate surface area is 130 Å². The number of hydrazine groups is 1. The number of rotatable bonds is 4. The number of nitrogens with two attached hydrogens (primary N) is 1. The fraction of sp³-hybridized carbons (Fsp3) is 0.231. The van der Waals surface area contributed by atoms with E-state index >= 15 is 0 Å². The minimum absolute atomic E-state index is 0.424. The fourth-order valence-corrected chi connectivity index (χ4v) is 3.19. The lowest BCUT2D eigenvalue weighted by Crippen LogP contribution is -2.17. The number of nitrogens with zero attached hydrogens (tertiary/aromatic N) is 1. The van der Waals surface area contributed by atoms with Crippen LogP contribution in [0.1, 0.15) is 16.1 Å². The Morgan fingerprint density at radius 1 is 1.55 bits per heavy atom. The highest BCUT2D eigenvalue weighted by Crippen LogP contribution is 2.38. The van der Waals surface area contributed by atoms with Gasteiger partial charge in [-0.1, -0.05) is 16.3 Å². The van der Waals surface area contributed by atoms with Crippen molar-refractivity contribution < 1.29 is 14.2 Å². The van der Waals surface area contributed by atoms with Gasteiger partial charge in [0.2, 0.25) is 0 Å². The van der Waals surface area contributed by atoms with Gasteiger partial charge in [0.25, 0.3) is 5.69 Å². The van der Waals surface area contributed by atoms with Crippen molar-refractivity contribution in [3.05, 3.63) is 28.1 Å². The first kappa shape index (κ1) is 15.1. The summed E-state index contributed by atoms with van der Waals surface area (Å²) >= 11 is 13.0. The molecule has 2 N–H and O–H groups in total. The lowest BCUT2D eigenvalue weighted by Gasteiger charge is -1.98. The summed E-state index contributed by atoms with van der Waals surface area (Å²) < 4.78 is 7.13. The van der Waals surface area contributed by atoms with Crippen molar-refractivity contribution in [1.82, 2.24) is 0 Å². The number of fused-ring (bicyclic) bond motifs is 1. The molecule has 1 heterocycles. The first-order chi connectivity index (χ1) is 9.58. The maximum absolute atomic E-state index is 11.9. The van der Waals surface area contributed by atoms with Crippen molar-refractivity contribution >= 4 is 62.5 Å². The lowest BCUT2D eigenvalue weighted by atomic mass is 10.2. The van der Waals surface area contributed by atoms with Crippen molar-refractivity contribution in [1.29, 1.82) is 0 Å². The van der Waals surface area contributed by atoms with Crippen LogP contribution in [0, 0.1) is 0 Å². The van der Waals surface area contributed by atoms with Gasteiger partial charge < -0.3 is 4.74 Å². The summed E-state index contributed by atoms with van der Waals surface area (Å²) in [5.41, 5.74) is 0.587. The number of hydrogen-bond donors (Lipinski definition) is 1. The molecule has 20 heavy (non-hydrogen) atoms. The predicted octanol–water partition coefficient (Wildman–Crippen LogP) is 3.56. The number of thiophene rings is 1. The fourth-order valence-electron chi connectivity index (χ4n) is 1.82. The zero-order chi connectivity index (χ0) is 14.7. The largest absolute Gasteiger partial charge is 0.465 e. The van der Waals surface area contributed by atoms with Gasteiger partial charge in [-0.25, -0.2) is 10.6 Å². The number of benzene rings is 1. The molecular weight excluding hydrogens is 319 g/mol. The van der Waals surface area contributed by atoms with Crippen molar-refractivity contribution in [3.8, 4) is 0 Å². The van der Waals surface area contributed by atoms with Crippen LogP contribution in [0.15, 0.2) is 18.2 Å². The number of methoxy groups -OCH3 is 1. The van der Waals surface area contributed by atoms with Crippen LogP contribution in [0.3, 0.4) is 0 Å². The number of carbonyl (C=O) groups is 1. The number of halogens is 2. The summed E-state index contributed by atoms with van der Waals surface area (Å²) in [4.78, 5) is 12.3. The van der Waals surface area contributed by atoms with Gasteiger partial charge in [0, 0.05) is 22.0 Å². The van der Waals surface area contributed by atoms with Gasteiger partial charge >= 0.3 is 5.97 Å². The number of alkyl halides is 1. The van der Waals surface area contributed by atoms with E-state index in [1.165, 1.54) is 23.1 Å². The Kier molecular flexibility index (Phi) is 4.86. The van der Waals surface area contributed by atoms with Crippen LogP contribution >= 0.6 is 34.5 Å². The lowest BCUT2D eigenvalue weighted by molar-refractivity contribution is -0.446. The maximum atomic E-state index is 11.9. The third-order valence-electron chi connectivity index (χ3n) is 2.69. The number of hydrazone groups is 1. The highest BCUT2D eigenvalue weighted by molar-refractivity contribution is 7.21. The summed E-state index contributed by atoms with van der Waals surface area (Å²) in [6.45, 7) is 0. The Balaban J connectivity index is 2.69. The zero-order valence-corrected chi connectivity index (χ0v) is 13.1. The van der Waals surface area contributed by atoms with Crippen LogP contribution in [0.4, 0.5) is 5.69 Å². The second kappa shape index (κ2) is 6.43. The molecular formula is C13H13Cl2N2O2S+. The molecule has 1 aromatic carbocycles. The minimum Gasteiger partial charge on any atom is -0.465 e. The molecule has 4 nitrogen and oxygen atoms in total. The van der Waals surface area contributed by atoms with Crippen LogP contribution in [-0.4, -0.2) is 29.9 Å². The monoisotopic (exact) mass is 331 g/mol. The van der Waals surface area contributed by atoms with Crippen LogP contribution in [0.2, 0.25) is 5.02 Å². The van der Waals surface area contributed by atoms with E-state index in [2.05, 4.69) is 0 Å². The van der Waals surface area contributed by atoms with E-state index in [1.807, 2.05) is 6.07 Å². The third kappa shape index (κ3) is 2.90. The van der Waals surface area contributed by atoms with E-state index in [-0.39, 0.29) is 0 Å². The molecule has 7 heteroatoms. The summed E-state index contributed by atoms with van der Waals surface area (Å²) in [5.74, 6) is 6.03. The topological polar surface area (TPSA) is 55.3 Å². The van der Waals surface area contributed by atoms with Crippen molar-refractivity contribution in [2.45, 2.75) is 6.42 Å². The van der Waals surface area contributed by atoms with E-state index < -0.39 is 5.97 Å². The molecule has 0 spiro atoms. The molecule has 106 valence electrons. The van der Waals surface area contributed by atoms with Crippen LogP contribution in [-0.2, 0) is 4.74 Å².